The third-order valence-electron chi connectivity index (χ3n) is 7.14. The van der Waals surface area contributed by atoms with Crippen molar-refractivity contribution in [1.82, 2.24) is 10.3 Å². The molecular weight excluding hydrogens is 586 g/mol. The van der Waals surface area contributed by atoms with Crippen LogP contribution in [0.2, 0.25) is 5.02 Å². The highest BCUT2D eigenvalue weighted by molar-refractivity contribution is 6.32. The van der Waals surface area contributed by atoms with Crippen molar-refractivity contribution >= 4 is 17.6 Å². The van der Waals surface area contributed by atoms with Gasteiger partial charge in [-0.3, -0.25) is 15.1 Å². The molecule has 2 heterocycles. The molecule has 3 aromatic carbocycles. The van der Waals surface area contributed by atoms with Crippen LogP contribution >= 0.6 is 11.6 Å². The Balaban J connectivity index is 1.37. The molecule has 10 nitrogen and oxygen atoms in total. The number of aromatic nitrogens is 1. The minimum absolute atomic E-state index is 0.0556. The molecule has 0 fully saturated rings. The number of carboxylic acid groups (broad SMARTS) is 1. The first-order chi connectivity index (χ1) is 21.4. The van der Waals surface area contributed by atoms with Gasteiger partial charge in [-0.1, -0.05) is 35.9 Å². The number of ether oxygens (including phenoxy) is 4. The number of fused-ring (bicyclic) bond motifs is 1. The van der Waals surface area contributed by atoms with Crippen LogP contribution in [0.1, 0.15) is 27.8 Å². The van der Waals surface area contributed by atoms with Crippen LogP contribution in [0.25, 0.3) is 11.1 Å². The van der Waals surface area contributed by atoms with E-state index >= 15 is 0 Å². The minimum atomic E-state index is -1.19. The summed E-state index contributed by atoms with van der Waals surface area (Å²) in [7, 11) is 0. The maximum absolute atomic E-state index is 11.4. The van der Waals surface area contributed by atoms with Crippen molar-refractivity contribution in [2.24, 2.45) is 0 Å². The van der Waals surface area contributed by atoms with Crippen LogP contribution in [0.5, 0.6) is 23.0 Å². The Morgan fingerprint density at radius 1 is 1.05 bits per heavy atom. The van der Waals surface area contributed by atoms with Gasteiger partial charge in [0.05, 0.1) is 17.2 Å². The van der Waals surface area contributed by atoms with Gasteiger partial charge in [-0.15, -0.1) is 0 Å². The van der Waals surface area contributed by atoms with E-state index in [9.17, 15) is 20.3 Å². The molecule has 1 aromatic heterocycles. The zero-order chi connectivity index (χ0) is 31.1. The number of nitrogens with zero attached hydrogens (tertiary/aromatic N) is 2. The van der Waals surface area contributed by atoms with Gasteiger partial charge in [-0.2, -0.15) is 5.26 Å². The lowest BCUT2D eigenvalue weighted by Crippen LogP contribution is -2.39. The summed E-state index contributed by atoms with van der Waals surface area (Å²) in [6, 6.07) is 17.7. The lowest BCUT2D eigenvalue weighted by molar-refractivity contribution is -0.140. The number of aliphatic carboxylic acids is 1. The average molecular weight is 616 g/mol. The zero-order valence-corrected chi connectivity index (χ0v) is 24.6. The van der Waals surface area contributed by atoms with Gasteiger partial charge < -0.3 is 29.2 Å². The van der Waals surface area contributed by atoms with Crippen LogP contribution in [-0.2, 0) is 24.6 Å². The number of nitriles is 1. The number of carbonyl (C=O) groups is 1. The lowest BCUT2D eigenvalue weighted by atomic mass is 9.96. The summed E-state index contributed by atoms with van der Waals surface area (Å²) in [5.41, 5.74) is 5.64. The van der Waals surface area contributed by atoms with E-state index in [4.69, 9.17) is 30.5 Å². The molecule has 3 N–H and O–H groups in total. The zero-order valence-electron chi connectivity index (χ0n) is 23.9. The monoisotopic (exact) mass is 615 g/mol. The summed E-state index contributed by atoms with van der Waals surface area (Å²) in [5.74, 6) is 1.02. The predicted octanol–water partition coefficient (Wildman–Crippen LogP) is 5.05. The van der Waals surface area contributed by atoms with E-state index in [0.717, 1.165) is 28.0 Å². The van der Waals surface area contributed by atoms with Crippen LogP contribution in [0.4, 0.5) is 0 Å². The molecule has 5 rings (SSSR count). The largest absolute Gasteiger partial charge is 0.488 e. The van der Waals surface area contributed by atoms with E-state index < -0.39 is 18.6 Å². The second-order valence-electron chi connectivity index (χ2n) is 10.1. The second kappa shape index (κ2) is 14.1. The number of pyridine rings is 1. The molecule has 1 atom stereocenters. The van der Waals surface area contributed by atoms with E-state index in [1.54, 1.807) is 24.4 Å². The summed E-state index contributed by atoms with van der Waals surface area (Å²) in [6.45, 7) is 2.85. The van der Waals surface area contributed by atoms with Gasteiger partial charge in [0.1, 0.15) is 50.0 Å². The standard InChI is InChI=1S/C33H30ClN3O7/c1-20-24(3-2-4-26(20)23-5-6-29-32(11-23)42-8-7-41-29)19-44-31-12-30(43-18-22-9-21(13-35)14-36-15-22)25(10-27(31)34)16-37-28(17-38)33(39)40/h2-6,9-12,14-15,28,37-38H,7-8,16-19H2,1H3,(H,39,40)/t28-/m1/s1. The summed E-state index contributed by atoms with van der Waals surface area (Å²) in [4.78, 5) is 15.5. The molecule has 226 valence electrons. The predicted molar refractivity (Wildman–Crippen MR) is 162 cm³/mol. The van der Waals surface area contributed by atoms with E-state index in [0.29, 0.717) is 52.2 Å². The molecule has 0 radical (unpaired) electrons. The van der Waals surface area contributed by atoms with Gasteiger partial charge in [0.15, 0.2) is 11.5 Å². The van der Waals surface area contributed by atoms with Crippen LogP contribution in [0, 0.1) is 18.3 Å². The Hall–Kier alpha value is -4.82. The fourth-order valence-electron chi connectivity index (χ4n) is 4.73. The molecule has 4 aromatic rings. The third-order valence-corrected chi connectivity index (χ3v) is 7.43. The van der Waals surface area contributed by atoms with Crippen molar-refractivity contribution in [2.45, 2.75) is 32.7 Å². The lowest BCUT2D eigenvalue weighted by Gasteiger charge is -2.20. The number of hydrogen-bond donors (Lipinski definition) is 3. The van der Waals surface area contributed by atoms with Crippen LogP contribution < -0.4 is 24.3 Å². The number of carboxylic acids is 1. The Morgan fingerprint density at radius 3 is 2.61 bits per heavy atom. The Kier molecular flexibility index (Phi) is 9.82. The maximum atomic E-state index is 11.4. The van der Waals surface area contributed by atoms with Crippen molar-refractivity contribution < 1.29 is 34.0 Å². The molecular formula is C33H30ClN3O7. The summed E-state index contributed by atoms with van der Waals surface area (Å²) >= 11 is 6.62. The molecule has 0 amide bonds. The molecule has 0 saturated carbocycles. The van der Waals surface area contributed by atoms with Crippen LogP contribution in [0.3, 0.4) is 0 Å². The highest BCUT2D eigenvalue weighted by Crippen LogP contribution is 2.37. The number of aliphatic hydroxyl groups excluding tert-OH is 1. The van der Waals surface area contributed by atoms with Crippen molar-refractivity contribution in [3.8, 4) is 40.2 Å². The Morgan fingerprint density at radius 2 is 1.84 bits per heavy atom. The molecule has 0 saturated heterocycles. The molecule has 0 unspecified atom stereocenters. The number of benzene rings is 3. The molecule has 44 heavy (non-hydrogen) atoms. The van der Waals surface area contributed by atoms with Gasteiger partial charge >= 0.3 is 5.97 Å². The smallest absolute Gasteiger partial charge is 0.323 e. The molecule has 0 spiro atoms. The van der Waals surface area contributed by atoms with E-state index in [2.05, 4.69) is 16.4 Å². The second-order valence-corrected chi connectivity index (χ2v) is 10.5. The van der Waals surface area contributed by atoms with Gasteiger partial charge in [0, 0.05) is 36.1 Å². The average Bonchev–Trinajstić information content (AvgIpc) is 3.04. The summed E-state index contributed by atoms with van der Waals surface area (Å²) < 4.78 is 23.7. The normalized spacial score (nSPS) is 12.7. The molecule has 0 bridgehead atoms. The quantitative estimate of drug-likeness (QED) is 0.198. The Bertz CT molecular complexity index is 1710. The number of halogens is 1. The number of aliphatic hydroxyl groups is 1. The molecule has 11 heteroatoms. The molecule has 0 aliphatic carbocycles. The first-order valence-corrected chi connectivity index (χ1v) is 14.2. The fraction of sp³-hybridized carbons (Fsp3) is 0.242. The highest BCUT2D eigenvalue weighted by atomic mass is 35.5. The topological polar surface area (TPSA) is 143 Å². The maximum Gasteiger partial charge on any atom is 0.323 e. The van der Waals surface area contributed by atoms with E-state index in [-0.39, 0.29) is 19.8 Å². The van der Waals surface area contributed by atoms with Crippen molar-refractivity contribution in [1.29, 1.82) is 5.26 Å². The van der Waals surface area contributed by atoms with E-state index in [1.165, 1.54) is 6.20 Å². The summed E-state index contributed by atoms with van der Waals surface area (Å²) in [6.07, 6.45) is 3.05. The fourth-order valence-corrected chi connectivity index (χ4v) is 4.97. The number of hydrogen-bond acceptors (Lipinski definition) is 9. The van der Waals surface area contributed by atoms with Gasteiger partial charge in [0.2, 0.25) is 0 Å². The SMILES string of the molecule is Cc1c(COc2cc(OCc3cncc(C#N)c3)c(CN[C@H](CO)C(=O)O)cc2Cl)cccc1-c1ccc2c(c1)OCCO2. The van der Waals surface area contributed by atoms with Crippen molar-refractivity contribution in [3.63, 3.8) is 0 Å². The first-order valence-electron chi connectivity index (χ1n) is 13.8. The molecule has 1 aliphatic heterocycles. The van der Waals surface area contributed by atoms with Gasteiger partial charge in [-0.25, -0.2) is 0 Å². The third kappa shape index (κ3) is 7.21. The highest BCUT2D eigenvalue weighted by Gasteiger charge is 2.19. The van der Waals surface area contributed by atoms with Gasteiger partial charge in [-0.05, 0) is 53.4 Å². The van der Waals surface area contributed by atoms with Crippen LogP contribution in [0.15, 0.2) is 67.0 Å². The molecule has 1 aliphatic rings. The number of nitrogens with one attached hydrogen (secondary N) is 1. The summed E-state index contributed by atoms with van der Waals surface area (Å²) in [5, 5.41) is 31.0. The van der Waals surface area contributed by atoms with Crippen molar-refractivity contribution in [2.75, 3.05) is 19.8 Å². The first kappa shape index (κ1) is 30.6. The minimum Gasteiger partial charge on any atom is -0.488 e. The van der Waals surface area contributed by atoms with Crippen LogP contribution in [-0.4, -0.2) is 47.0 Å². The number of rotatable bonds is 12. The van der Waals surface area contributed by atoms with Gasteiger partial charge in [0.25, 0.3) is 0 Å². The van der Waals surface area contributed by atoms with Crippen molar-refractivity contribution in [3.05, 3.63) is 99.8 Å². The Labute approximate surface area is 259 Å². The van der Waals surface area contributed by atoms with E-state index in [1.807, 2.05) is 43.3 Å².